The second-order valence-corrected chi connectivity index (χ2v) is 5.59. The molecule has 1 heterocycles. The summed E-state index contributed by atoms with van der Waals surface area (Å²) in [5, 5.41) is 7.86. The fourth-order valence-corrected chi connectivity index (χ4v) is 2.64. The Labute approximate surface area is 137 Å². The van der Waals surface area contributed by atoms with Gasteiger partial charge in [-0.2, -0.15) is 4.98 Å². The Morgan fingerprint density at radius 1 is 1.05 bits per heavy atom. The van der Waals surface area contributed by atoms with Gasteiger partial charge in [-0.1, -0.05) is 53.5 Å². The van der Waals surface area contributed by atoms with Crippen LogP contribution in [0.3, 0.4) is 0 Å². The molecule has 2 aromatic carbocycles. The standard InChI is InChI=1S/C15H13Cl2N5/c16-11-6-12(17)8-13(7-11)22(15-19-14(18)20-21-15)9-10-4-2-1-3-5-10/h1-8H,9H2,(H3,18,19,20,21). The lowest BCUT2D eigenvalue weighted by Gasteiger charge is -2.21. The Morgan fingerprint density at radius 2 is 1.73 bits per heavy atom. The number of hydrogen-bond donors (Lipinski definition) is 2. The summed E-state index contributed by atoms with van der Waals surface area (Å²) in [5.74, 6) is 0.709. The Bertz CT molecular complexity index is 752. The molecule has 3 rings (SSSR count). The van der Waals surface area contributed by atoms with Gasteiger partial charge in [0, 0.05) is 15.7 Å². The van der Waals surface area contributed by atoms with Gasteiger partial charge in [0.1, 0.15) is 0 Å². The third-order valence-corrected chi connectivity index (χ3v) is 3.51. The summed E-state index contributed by atoms with van der Waals surface area (Å²) < 4.78 is 0. The monoisotopic (exact) mass is 333 g/mol. The molecule has 0 aliphatic carbocycles. The number of benzene rings is 2. The molecule has 0 saturated heterocycles. The van der Waals surface area contributed by atoms with Crippen molar-refractivity contribution in [2.45, 2.75) is 6.54 Å². The van der Waals surface area contributed by atoms with Gasteiger partial charge >= 0.3 is 0 Å². The van der Waals surface area contributed by atoms with E-state index in [0.717, 1.165) is 11.3 Å². The third kappa shape index (κ3) is 3.32. The molecule has 22 heavy (non-hydrogen) atoms. The zero-order chi connectivity index (χ0) is 15.5. The minimum absolute atomic E-state index is 0.251. The van der Waals surface area contributed by atoms with Crippen LogP contribution in [0.1, 0.15) is 5.56 Å². The molecule has 5 nitrogen and oxygen atoms in total. The van der Waals surface area contributed by atoms with Crippen LogP contribution in [0.5, 0.6) is 0 Å². The highest BCUT2D eigenvalue weighted by molar-refractivity contribution is 6.35. The number of nitrogens with two attached hydrogens (primary N) is 1. The summed E-state index contributed by atoms with van der Waals surface area (Å²) in [6, 6.07) is 15.3. The zero-order valence-corrected chi connectivity index (χ0v) is 13.0. The first kappa shape index (κ1) is 14.7. The van der Waals surface area contributed by atoms with E-state index in [9.17, 15) is 0 Å². The number of nitrogens with zero attached hydrogens (tertiary/aromatic N) is 3. The van der Waals surface area contributed by atoms with Crippen molar-refractivity contribution in [1.82, 2.24) is 15.2 Å². The van der Waals surface area contributed by atoms with Gasteiger partial charge in [0.2, 0.25) is 5.95 Å². The zero-order valence-electron chi connectivity index (χ0n) is 11.5. The van der Waals surface area contributed by atoms with E-state index in [1.807, 2.05) is 47.4 Å². The van der Waals surface area contributed by atoms with Crippen LogP contribution in [0.25, 0.3) is 0 Å². The van der Waals surface area contributed by atoms with E-state index in [1.165, 1.54) is 0 Å². The van der Waals surface area contributed by atoms with E-state index in [0.29, 0.717) is 22.5 Å². The molecule has 0 spiro atoms. The lowest BCUT2D eigenvalue weighted by molar-refractivity contribution is 0.915. The second kappa shape index (κ2) is 6.25. The predicted octanol–water partition coefficient (Wildman–Crippen LogP) is 4.03. The minimum Gasteiger partial charge on any atom is -0.368 e. The van der Waals surface area contributed by atoms with Crippen molar-refractivity contribution >= 4 is 40.8 Å². The van der Waals surface area contributed by atoms with Crippen LogP contribution in [-0.2, 0) is 6.54 Å². The maximum Gasteiger partial charge on any atom is 0.251 e. The normalized spacial score (nSPS) is 10.6. The predicted molar refractivity (Wildman–Crippen MR) is 89.5 cm³/mol. The molecule has 0 bridgehead atoms. The van der Waals surface area contributed by atoms with Crippen molar-refractivity contribution in [3.05, 3.63) is 64.1 Å². The van der Waals surface area contributed by atoms with Crippen LogP contribution < -0.4 is 10.6 Å². The van der Waals surface area contributed by atoms with Crippen molar-refractivity contribution in [1.29, 1.82) is 0 Å². The summed E-state index contributed by atoms with van der Waals surface area (Å²) in [5.41, 5.74) is 7.53. The van der Waals surface area contributed by atoms with Crippen molar-refractivity contribution < 1.29 is 0 Å². The number of aromatic amines is 1. The number of nitrogens with one attached hydrogen (secondary N) is 1. The average molecular weight is 334 g/mol. The average Bonchev–Trinajstić information content (AvgIpc) is 2.91. The van der Waals surface area contributed by atoms with Crippen LogP contribution in [0.15, 0.2) is 48.5 Å². The van der Waals surface area contributed by atoms with Crippen LogP contribution >= 0.6 is 23.2 Å². The quantitative estimate of drug-likeness (QED) is 0.756. The molecular weight excluding hydrogens is 321 g/mol. The first-order chi connectivity index (χ1) is 10.6. The fourth-order valence-electron chi connectivity index (χ4n) is 2.12. The molecule has 0 amide bonds. The van der Waals surface area contributed by atoms with E-state index >= 15 is 0 Å². The maximum atomic E-state index is 6.11. The van der Waals surface area contributed by atoms with Crippen molar-refractivity contribution in [3.63, 3.8) is 0 Å². The van der Waals surface area contributed by atoms with Gasteiger partial charge in [0.15, 0.2) is 0 Å². The van der Waals surface area contributed by atoms with Gasteiger partial charge in [-0.05, 0) is 23.8 Å². The Kier molecular flexibility index (Phi) is 4.18. The van der Waals surface area contributed by atoms with E-state index in [1.54, 1.807) is 6.07 Å². The van der Waals surface area contributed by atoms with Gasteiger partial charge in [0.25, 0.3) is 5.95 Å². The number of H-pyrrole nitrogens is 1. The number of rotatable bonds is 4. The van der Waals surface area contributed by atoms with Gasteiger partial charge in [-0.25, -0.2) is 5.10 Å². The summed E-state index contributed by atoms with van der Waals surface area (Å²) in [7, 11) is 0. The lowest BCUT2D eigenvalue weighted by Crippen LogP contribution is -2.18. The number of aromatic nitrogens is 3. The highest BCUT2D eigenvalue weighted by Gasteiger charge is 2.16. The minimum atomic E-state index is 0.251. The maximum absolute atomic E-state index is 6.11. The highest BCUT2D eigenvalue weighted by Crippen LogP contribution is 2.30. The lowest BCUT2D eigenvalue weighted by atomic mass is 10.2. The molecule has 0 saturated carbocycles. The topological polar surface area (TPSA) is 70.8 Å². The van der Waals surface area contributed by atoms with Gasteiger partial charge < -0.3 is 10.6 Å². The molecule has 0 unspecified atom stereocenters. The molecule has 3 aromatic rings. The number of anilines is 3. The number of hydrogen-bond acceptors (Lipinski definition) is 4. The van der Waals surface area contributed by atoms with Gasteiger partial charge in [0.05, 0.1) is 6.54 Å². The summed E-state index contributed by atoms with van der Waals surface area (Å²) in [6.45, 7) is 0.564. The molecule has 0 aliphatic rings. The molecule has 7 heteroatoms. The van der Waals surface area contributed by atoms with E-state index < -0.39 is 0 Å². The number of nitrogen functional groups attached to an aromatic ring is 1. The van der Waals surface area contributed by atoms with Gasteiger partial charge in [-0.15, -0.1) is 5.10 Å². The molecule has 3 N–H and O–H groups in total. The molecule has 112 valence electrons. The fraction of sp³-hybridized carbons (Fsp3) is 0.0667. The van der Waals surface area contributed by atoms with E-state index in [-0.39, 0.29) is 5.95 Å². The van der Waals surface area contributed by atoms with Gasteiger partial charge in [-0.3, -0.25) is 0 Å². The van der Waals surface area contributed by atoms with Crippen molar-refractivity contribution in [3.8, 4) is 0 Å². The number of halogens is 2. The van der Waals surface area contributed by atoms with Crippen LogP contribution in [0.2, 0.25) is 10.0 Å². The molecular formula is C15H13Cl2N5. The smallest absolute Gasteiger partial charge is 0.251 e. The molecule has 0 aliphatic heterocycles. The third-order valence-electron chi connectivity index (χ3n) is 3.07. The molecule has 0 radical (unpaired) electrons. The molecule has 0 fully saturated rings. The summed E-state index contributed by atoms with van der Waals surface area (Å²) >= 11 is 12.2. The SMILES string of the molecule is Nc1nc(N(Cc2ccccc2)c2cc(Cl)cc(Cl)c2)n[nH]1. The largest absolute Gasteiger partial charge is 0.368 e. The Hall–Kier alpha value is -2.24. The summed E-state index contributed by atoms with van der Waals surface area (Å²) in [6.07, 6.45) is 0. The van der Waals surface area contributed by atoms with Crippen molar-refractivity contribution in [2.24, 2.45) is 0 Å². The van der Waals surface area contributed by atoms with Crippen LogP contribution in [0, 0.1) is 0 Å². The Balaban J connectivity index is 2.02. The van der Waals surface area contributed by atoms with Crippen molar-refractivity contribution in [2.75, 3.05) is 10.6 Å². The molecule has 0 atom stereocenters. The highest BCUT2D eigenvalue weighted by atomic mass is 35.5. The van der Waals surface area contributed by atoms with E-state index in [2.05, 4.69) is 15.2 Å². The van der Waals surface area contributed by atoms with E-state index in [4.69, 9.17) is 28.9 Å². The first-order valence-corrected chi connectivity index (χ1v) is 7.33. The Morgan fingerprint density at radius 3 is 2.32 bits per heavy atom. The van der Waals surface area contributed by atoms with Crippen LogP contribution in [0.4, 0.5) is 17.6 Å². The van der Waals surface area contributed by atoms with Crippen LogP contribution in [-0.4, -0.2) is 15.2 Å². The second-order valence-electron chi connectivity index (χ2n) is 4.72. The first-order valence-electron chi connectivity index (χ1n) is 6.57. The molecule has 1 aromatic heterocycles. The summed E-state index contributed by atoms with van der Waals surface area (Å²) in [4.78, 5) is 6.08.